The normalized spacial score (nSPS) is 10.2. The third kappa shape index (κ3) is 4.74. The molecule has 0 saturated carbocycles. The Hall–Kier alpha value is -1.99. The summed E-state index contributed by atoms with van der Waals surface area (Å²) in [5.74, 6) is -1.42. The number of hydrogen-bond donors (Lipinski definition) is 2. The lowest BCUT2D eigenvalue weighted by Crippen LogP contribution is -2.21. The van der Waals surface area contributed by atoms with Gasteiger partial charge < -0.3 is 15.2 Å². The van der Waals surface area contributed by atoms with E-state index < -0.39 is 18.5 Å². The number of phenols is 1. The molecule has 0 radical (unpaired) electrons. The number of ether oxygens (including phenoxy) is 1. The largest absolute Gasteiger partial charge is 0.507 e. The van der Waals surface area contributed by atoms with E-state index in [2.05, 4.69) is 21.2 Å². The number of amides is 1. The second-order valence-electron chi connectivity index (χ2n) is 4.49. The minimum atomic E-state index is -0.767. The molecule has 0 fully saturated rings. The van der Waals surface area contributed by atoms with Gasteiger partial charge in [0.1, 0.15) is 11.3 Å². The van der Waals surface area contributed by atoms with E-state index in [1.165, 1.54) is 23.9 Å². The van der Waals surface area contributed by atoms with Gasteiger partial charge in [0.15, 0.2) is 6.61 Å². The summed E-state index contributed by atoms with van der Waals surface area (Å²) in [6, 6.07) is 11.7. The quantitative estimate of drug-likeness (QED) is 0.596. The molecular formula is C16H14BrNO4S. The molecule has 0 saturated heterocycles. The molecule has 0 unspecified atom stereocenters. The summed E-state index contributed by atoms with van der Waals surface area (Å²) in [5, 5.41) is 12.3. The highest BCUT2D eigenvalue weighted by atomic mass is 79.9. The maximum Gasteiger partial charge on any atom is 0.342 e. The molecule has 2 aromatic rings. The number of esters is 1. The highest BCUT2D eigenvalue weighted by Crippen LogP contribution is 2.25. The summed E-state index contributed by atoms with van der Waals surface area (Å²) >= 11 is 4.71. The van der Waals surface area contributed by atoms with Crippen LogP contribution in [0.25, 0.3) is 0 Å². The number of carbonyl (C=O) groups is 2. The number of anilines is 1. The number of aromatic hydroxyl groups is 1. The topological polar surface area (TPSA) is 75.6 Å². The molecule has 2 aromatic carbocycles. The van der Waals surface area contributed by atoms with Gasteiger partial charge in [0, 0.05) is 9.37 Å². The van der Waals surface area contributed by atoms with E-state index in [0.717, 1.165) is 4.90 Å². The van der Waals surface area contributed by atoms with Gasteiger partial charge in [0.25, 0.3) is 5.91 Å². The van der Waals surface area contributed by atoms with E-state index in [9.17, 15) is 14.7 Å². The van der Waals surface area contributed by atoms with Crippen LogP contribution in [0.1, 0.15) is 10.4 Å². The van der Waals surface area contributed by atoms with Crippen LogP contribution in [0.3, 0.4) is 0 Å². The summed E-state index contributed by atoms with van der Waals surface area (Å²) in [6.07, 6.45) is 1.90. The van der Waals surface area contributed by atoms with Gasteiger partial charge in [-0.2, -0.15) is 0 Å². The highest BCUT2D eigenvalue weighted by molar-refractivity contribution is 9.10. The van der Waals surface area contributed by atoms with Crippen LogP contribution in [0.15, 0.2) is 51.8 Å². The number of carbonyl (C=O) groups excluding carboxylic acids is 2. The van der Waals surface area contributed by atoms with E-state index in [1.807, 2.05) is 18.4 Å². The lowest BCUT2D eigenvalue weighted by atomic mass is 10.2. The zero-order valence-corrected chi connectivity index (χ0v) is 14.6. The number of nitrogens with one attached hydrogen (secondary N) is 1. The van der Waals surface area contributed by atoms with Crippen LogP contribution in [-0.2, 0) is 9.53 Å². The number of halogens is 1. The minimum absolute atomic E-state index is 0.00307. The molecule has 0 spiro atoms. The lowest BCUT2D eigenvalue weighted by molar-refractivity contribution is -0.119. The summed E-state index contributed by atoms with van der Waals surface area (Å²) in [4.78, 5) is 24.7. The van der Waals surface area contributed by atoms with Crippen molar-refractivity contribution in [3.63, 3.8) is 0 Å². The van der Waals surface area contributed by atoms with E-state index in [0.29, 0.717) is 10.2 Å². The van der Waals surface area contributed by atoms with Crippen LogP contribution in [0.4, 0.5) is 5.69 Å². The minimum Gasteiger partial charge on any atom is -0.507 e. The predicted octanol–water partition coefficient (Wildman–Crippen LogP) is 3.67. The second-order valence-corrected chi connectivity index (χ2v) is 6.25. The fourth-order valence-corrected chi connectivity index (χ4v) is 2.73. The standard InChI is InChI=1S/C16H14BrNO4S/c1-23-14-5-3-2-4-12(14)18-15(20)9-22-16(21)11-8-10(17)6-7-13(11)19/h2-8,19H,9H2,1H3,(H,18,20). The first-order valence-corrected chi connectivity index (χ1v) is 8.61. The van der Waals surface area contributed by atoms with Gasteiger partial charge in [-0.1, -0.05) is 28.1 Å². The van der Waals surface area contributed by atoms with E-state index >= 15 is 0 Å². The molecule has 0 heterocycles. The van der Waals surface area contributed by atoms with Gasteiger partial charge >= 0.3 is 5.97 Å². The SMILES string of the molecule is CSc1ccccc1NC(=O)COC(=O)c1cc(Br)ccc1O. The highest BCUT2D eigenvalue weighted by Gasteiger charge is 2.15. The van der Waals surface area contributed by atoms with Crippen molar-refractivity contribution in [3.05, 3.63) is 52.5 Å². The summed E-state index contributed by atoms with van der Waals surface area (Å²) in [7, 11) is 0. The first-order chi connectivity index (χ1) is 11.0. The van der Waals surface area contributed by atoms with E-state index in [1.54, 1.807) is 18.2 Å². The lowest BCUT2D eigenvalue weighted by Gasteiger charge is -2.10. The van der Waals surface area contributed by atoms with Gasteiger partial charge in [-0.05, 0) is 36.6 Å². The molecule has 0 atom stereocenters. The molecule has 5 nitrogen and oxygen atoms in total. The molecule has 0 aliphatic carbocycles. The molecule has 0 aliphatic rings. The molecule has 2 N–H and O–H groups in total. The van der Waals surface area contributed by atoms with Crippen LogP contribution in [0.5, 0.6) is 5.75 Å². The number of para-hydroxylation sites is 1. The van der Waals surface area contributed by atoms with Crippen LogP contribution < -0.4 is 5.32 Å². The third-order valence-electron chi connectivity index (χ3n) is 2.89. The number of benzene rings is 2. The average Bonchev–Trinajstić information content (AvgIpc) is 2.55. The molecule has 0 aromatic heterocycles. The molecule has 0 bridgehead atoms. The first kappa shape index (κ1) is 17.4. The van der Waals surface area contributed by atoms with Gasteiger partial charge in [-0.15, -0.1) is 11.8 Å². The molecule has 120 valence electrons. The Labute approximate surface area is 146 Å². The first-order valence-electron chi connectivity index (χ1n) is 6.59. The van der Waals surface area contributed by atoms with Crippen LogP contribution in [0.2, 0.25) is 0 Å². The number of hydrogen-bond acceptors (Lipinski definition) is 5. The Balaban J connectivity index is 1.96. The van der Waals surface area contributed by atoms with Crippen molar-refractivity contribution in [1.82, 2.24) is 0 Å². The predicted molar refractivity (Wildman–Crippen MR) is 92.9 cm³/mol. The zero-order chi connectivity index (χ0) is 16.8. The summed E-state index contributed by atoms with van der Waals surface area (Å²) < 4.78 is 5.56. The Morgan fingerprint density at radius 2 is 2.00 bits per heavy atom. The van der Waals surface area contributed by atoms with Crippen LogP contribution in [0, 0.1) is 0 Å². The van der Waals surface area contributed by atoms with Crippen molar-refractivity contribution < 1.29 is 19.4 Å². The van der Waals surface area contributed by atoms with Crippen LogP contribution >= 0.6 is 27.7 Å². The number of phenolic OH excluding ortho intramolecular Hbond substituents is 1. The van der Waals surface area contributed by atoms with Gasteiger partial charge in [0.05, 0.1) is 5.69 Å². The Kier molecular flexibility index (Phi) is 6.06. The van der Waals surface area contributed by atoms with E-state index in [-0.39, 0.29) is 11.3 Å². The maximum absolute atomic E-state index is 11.9. The molecule has 2 rings (SSSR count). The van der Waals surface area contributed by atoms with E-state index in [4.69, 9.17) is 4.74 Å². The molecule has 7 heteroatoms. The maximum atomic E-state index is 11.9. The van der Waals surface area contributed by atoms with Crippen molar-refractivity contribution in [2.24, 2.45) is 0 Å². The molecule has 23 heavy (non-hydrogen) atoms. The zero-order valence-electron chi connectivity index (χ0n) is 12.2. The smallest absolute Gasteiger partial charge is 0.342 e. The average molecular weight is 396 g/mol. The Bertz CT molecular complexity index is 736. The van der Waals surface area contributed by atoms with Gasteiger partial charge in [0.2, 0.25) is 0 Å². The molecule has 0 aliphatic heterocycles. The summed E-state index contributed by atoms with van der Waals surface area (Å²) in [5.41, 5.74) is 0.656. The molecular weight excluding hydrogens is 382 g/mol. The fraction of sp³-hybridized carbons (Fsp3) is 0.125. The van der Waals surface area contributed by atoms with Crippen molar-refractivity contribution in [2.45, 2.75) is 4.90 Å². The number of rotatable bonds is 5. The Morgan fingerprint density at radius 1 is 1.26 bits per heavy atom. The third-order valence-corrected chi connectivity index (χ3v) is 4.18. The number of thioether (sulfide) groups is 1. The second kappa shape index (κ2) is 8.03. The van der Waals surface area contributed by atoms with Gasteiger partial charge in [-0.25, -0.2) is 4.79 Å². The van der Waals surface area contributed by atoms with Crippen molar-refractivity contribution >= 4 is 45.3 Å². The van der Waals surface area contributed by atoms with Crippen molar-refractivity contribution in [1.29, 1.82) is 0 Å². The van der Waals surface area contributed by atoms with Crippen molar-refractivity contribution in [3.8, 4) is 5.75 Å². The Morgan fingerprint density at radius 3 is 2.74 bits per heavy atom. The summed E-state index contributed by atoms with van der Waals surface area (Å²) in [6.45, 7) is -0.437. The fourth-order valence-electron chi connectivity index (χ4n) is 1.81. The van der Waals surface area contributed by atoms with Gasteiger partial charge in [-0.3, -0.25) is 4.79 Å². The molecule has 1 amide bonds. The monoisotopic (exact) mass is 395 g/mol. The van der Waals surface area contributed by atoms with Crippen molar-refractivity contribution in [2.75, 3.05) is 18.2 Å². The van der Waals surface area contributed by atoms with Crippen LogP contribution in [-0.4, -0.2) is 29.8 Å².